The summed E-state index contributed by atoms with van der Waals surface area (Å²) in [6.07, 6.45) is -1.17. The summed E-state index contributed by atoms with van der Waals surface area (Å²) in [6, 6.07) is 22.5. The van der Waals surface area contributed by atoms with Gasteiger partial charge in [-0.2, -0.15) is 0 Å². The lowest BCUT2D eigenvalue weighted by atomic mass is 9.99. The Kier molecular flexibility index (Phi) is 6.11. The second kappa shape index (κ2) is 9.12. The van der Waals surface area contributed by atoms with E-state index in [9.17, 15) is 9.90 Å². The van der Waals surface area contributed by atoms with Crippen molar-refractivity contribution >= 4 is 17.0 Å². The van der Waals surface area contributed by atoms with Crippen LogP contribution < -0.4 is 5.32 Å². The van der Waals surface area contributed by atoms with Crippen LogP contribution in [0.4, 0.5) is 0 Å². The minimum absolute atomic E-state index is 0.225. The number of nitrogens with one attached hydrogen (secondary N) is 2. The van der Waals surface area contributed by atoms with Gasteiger partial charge in [0.2, 0.25) is 0 Å². The molecule has 0 bridgehead atoms. The predicted octanol–water partition coefficient (Wildman–Crippen LogP) is 4.13. The Balaban J connectivity index is 1.54. The summed E-state index contributed by atoms with van der Waals surface area (Å²) in [6.45, 7) is 2.85. The number of hydrogen-bond donors (Lipinski definition) is 4. The van der Waals surface area contributed by atoms with Gasteiger partial charge in [-0.1, -0.05) is 54.6 Å². The molecule has 0 radical (unpaired) electrons. The Hall–Kier alpha value is -3.48. The fourth-order valence-corrected chi connectivity index (χ4v) is 3.77. The third kappa shape index (κ3) is 4.82. The Labute approximate surface area is 180 Å². The van der Waals surface area contributed by atoms with Crippen molar-refractivity contribution in [2.75, 3.05) is 6.54 Å². The first-order valence-electron chi connectivity index (χ1n) is 10.3. The van der Waals surface area contributed by atoms with Crippen molar-refractivity contribution in [1.29, 1.82) is 0 Å². The highest BCUT2D eigenvalue weighted by atomic mass is 16.4. The fraction of sp³-hybridized carbons (Fsp3) is 0.200. The lowest BCUT2D eigenvalue weighted by Gasteiger charge is -2.10. The number of aryl methyl sites for hydroxylation is 1. The maximum absolute atomic E-state index is 10.6. The molecule has 31 heavy (non-hydrogen) atoms. The molecule has 6 heteroatoms. The molecule has 0 spiro atoms. The smallest absolute Gasteiger partial charge is 0.306 e. The van der Waals surface area contributed by atoms with Gasteiger partial charge in [0.25, 0.3) is 0 Å². The van der Waals surface area contributed by atoms with Gasteiger partial charge in [0.1, 0.15) is 5.82 Å². The first kappa shape index (κ1) is 20.8. The second-order valence-corrected chi connectivity index (χ2v) is 7.67. The molecule has 0 aliphatic carbocycles. The summed E-state index contributed by atoms with van der Waals surface area (Å²) < 4.78 is 0. The number of rotatable bonds is 8. The van der Waals surface area contributed by atoms with Crippen LogP contribution in [0.1, 0.15) is 17.5 Å². The van der Waals surface area contributed by atoms with Gasteiger partial charge in [-0.05, 0) is 41.3 Å². The van der Waals surface area contributed by atoms with E-state index >= 15 is 0 Å². The van der Waals surface area contributed by atoms with Gasteiger partial charge in [0.05, 0.1) is 23.6 Å². The molecule has 1 atom stereocenters. The van der Waals surface area contributed by atoms with Crippen LogP contribution >= 0.6 is 0 Å². The number of nitrogens with zero attached hydrogens (tertiary/aromatic N) is 1. The van der Waals surface area contributed by atoms with E-state index in [1.165, 1.54) is 11.1 Å². The summed E-state index contributed by atoms with van der Waals surface area (Å²) in [5.74, 6) is -0.206. The molecule has 0 fully saturated rings. The van der Waals surface area contributed by atoms with Gasteiger partial charge >= 0.3 is 5.97 Å². The van der Waals surface area contributed by atoms with Crippen molar-refractivity contribution in [3.05, 3.63) is 77.9 Å². The molecule has 1 heterocycles. The van der Waals surface area contributed by atoms with Crippen LogP contribution in [0, 0.1) is 6.92 Å². The molecular weight excluding hydrogens is 390 g/mol. The van der Waals surface area contributed by atoms with E-state index in [1.807, 2.05) is 42.5 Å². The molecule has 1 aromatic heterocycles. The molecule has 4 rings (SSSR count). The Morgan fingerprint density at radius 1 is 1.06 bits per heavy atom. The number of hydrogen-bond acceptors (Lipinski definition) is 4. The second-order valence-electron chi connectivity index (χ2n) is 7.67. The number of fused-ring (bicyclic) bond motifs is 1. The zero-order valence-corrected chi connectivity index (χ0v) is 17.3. The molecule has 0 unspecified atom stereocenters. The Morgan fingerprint density at radius 3 is 2.61 bits per heavy atom. The highest BCUT2D eigenvalue weighted by molar-refractivity contribution is 5.88. The number of H-pyrrole nitrogens is 1. The number of carbonyl (C=O) groups is 1. The first-order chi connectivity index (χ1) is 15.0. The summed E-state index contributed by atoms with van der Waals surface area (Å²) in [5.41, 5.74) is 7.43. The van der Waals surface area contributed by atoms with Crippen LogP contribution in [0.25, 0.3) is 33.5 Å². The summed E-state index contributed by atoms with van der Waals surface area (Å²) in [5, 5.41) is 21.5. The third-order valence-electron chi connectivity index (χ3n) is 5.31. The quantitative estimate of drug-likeness (QED) is 0.347. The molecule has 6 nitrogen and oxygen atoms in total. The van der Waals surface area contributed by atoms with Crippen molar-refractivity contribution in [2.45, 2.75) is 26.0 Å². The van der Waals surface area contributed by atoms with Crippen LogP contribution in [0.15, 0.2) is 66.7 Å². The normalized spacial score (nSPS) is 12.2. The number of imidazole rings is 1. The maximum Gasteiger partial charge on any atom is 0.306 e. The zero-order chi connectivity index (χ0) is 21.8. The highest BCUT2D eigenvalue weighted by Crippen LogP contribution is 2.30. The minimum Gasteiger partial charge on any atom is -0.481 e. The van der Waals surface area contributed by atoms with Gasteiger partial charge in [0, 0.05) is 18.7 Å². The molecule has 4 N–H and O–H groups in total. The van der Waals surface area contributed by atoms with Crippen LogP contribution in [-0.4, -0.2) is 38.8 Å². The van der Waals surface area contributed by atoms with E-state index < -0.39 is 12.1 Å². The van der Waals surface area contributed by atoms with E-state index in [1.54, 1.807) is 0 Å². The summed E-state index contributed by atoms with van der Waals surface area (Å²) in [7, 11) is 0. The van der Waals surface area contributed by atoms with Crippen molar-refractivity contribution in [3.63, 3.8) is 0 Å². The van der Waals surface area contributed by atoms with Crippen LogP contribution in [0.5, 0.6) is 0 Å². The van der Waals surface area contributed by atoms with Crippen molar-refractivity contribution in [1.82, 2.24) is 15.3 Å². The van der Waals surface area contributed by atoms with E-state index in [-0.39, 0.29) is 13.0 Å². The summed E-state index contributed by atoms with van der Waals surface area (Å²) >= 11 is 0. The monoisotopic (exact) mass is 415 g/mol. The van der Waals surface area contributed by atoms with Gasteiger partial charge in [0.15, 0.2) is 0 Å². The van der Waals surface area contributed by atoms with Crippen molar-refractivity contribution in [3.8, 4) is 22.5 Å². The number of carboxylic acids is 1. The van der Waals surface area contributed by atoms with E-state index in [2.05, 4.69) is 41.5 Å². The van der Waals surface area contributed by atoms with E-state index in [4.69, 9.17) is 10.1 Å². The van der Waals surface area contributed by atoms with Crippen molar-refractivity contribution < 1.29 is 15.0 Å². The number of aromatic nitrogens is 2. The molecule has 0 saturated carbocycles. The Morgan fingerprint density at radius 2 is 1.84 bits per heavy atom. The molecule has 0 aliphatic heterocycles. The first-order valence-corrected chi connectivity index (χ1v) is 10.3. The number of aromatic amines is 1. The summed E-state index contributed by atoms with van der Waals surface area (Å²) in [4.78, 5) is 18.9. The van der Waals surface area contributed by atoms with E-state index in [0.29, 0.717) is 6.54 Å². The largest absolute Gasteiger partial charge is 0.481 e. The number of aliphatic hydroxyl groups is 1. The van der Waals surface area contributed by atoms with Crippen molar-refractivity contribution in [2.24, 2.45) is 0 Å². The lowest BCUT2D eigenvalue weighted by Crippen LogP contribution is -2.28. The van der Waals surface area contributed by atoms with Crippen LogP contribution in [0.2, 0.25) is 0 Å². The van der Waals surface area contributed by atoms with Gasteiger partial charge < -0.3 is 20.5 Å². The van der Waals surface area contributed by atoms with Gasteiger partial charge in [-0.15, -0.1) is 0 Å². The average molecular weight is 415 g/mol. The predicted molar refractivity (Wildman–Crippen MR) is 122 cm³/mol. The molecule has 0 aliphatic rings. The fourth-order valence-electron chi connectivity index (χ4n) is 3.77. The maximum atomic E-state index is 10.6. The highest BCUT2D eigenvalue weighted by Gasteiger charge is 2.12. The molecule has 158 valence electrons. The minimum atomic E-state index is -1.01. The van der Waals surface area contributed by atoms with Crippen LogP contribution in [0.3, 0.4) is 0 Å². The molecule has 0 saturated heterocycles. The Bertz CT molecular complexity index is 1200. The number of benzene rings is 3. The molecule has 3 aromatic carbocycles. The average Bonchev–Trinajstić information content (AvgIpc) is 3.20. The SMILES string of the molecule is Cc1c(-c2ccccc2)ccc2[nH]c(-c3cccc(CNC[C@@H](O)CC(=O)O)c3)nc12. The number of aliphatic hydroxyl groups excluding tert-OH is 1. The molecule has 4 aromatic rings. The van der Waals surface area contributed by atoms with E-state index in [0.717, 1.165) is 33.5 Å². The zero-order valence-electron chi connectivity index (χ0n) is 17.3. The number of carboxylic acid groups (broad SMARTS) is 1. The van der Waals surface area contributed by atoms with Gasteiger partial charge in [-0.25, -0.2) is 4.98 Å². The molecule has 0 amide bonds. The topological polar surface area (TPSA) is 98.2 Å². The van der Waals surface area contributed by atoms with Gasteiger partial charge in [-0.3, -0.25) is 4.79 Å². The third-order valence-corrected chi connectivity index (χ3v) is 5.31. The lowest BCUT2D eigenvalue weighted by molar-refractivity contribution is -0.139. The number of aliphatic carboxylic acids is 1. The van der Waals surface area contributed by atoms with Crippen LogP contribution in [-0.2, 0) is 11.3 Å². The standard InChI is InChI=1S/C25H25N3O3/c1-16-21(18-7-3-2-4-8-18)10-11-22-24(16)28-25(27-22)19-9-5-6-17(12-19)14-26-15-20(29)13-23(30)31/h2-12,20,26,29H,13-15H2,1H3,(H,27,28)(H,30,31)/t20-/m0/s1. The molecular formula is C25H25N3O3.